The third-order valence-corrected chi connectivity index (χ3v) is 4.89. The zero-order valence-electron chi connectivity index (χ0n) is 17.4. The molecule has 1 heterocycles. The number of carbonyl (C=O) groups is 2. The van der Waals surface area contributed by atoms with Crippen LogP contribution in [-0.2, 0) is 16.1 Å². The van der Waals surface area contributed by atoms with Crippen LogP contribution in [0.4, 0.5) is 5.69 Å². The van der Waals surface area contributed by atoms with Gasteiger partial charge >= 0.3 is 5.97 Å². The van der Waals surface area contributed by atoms with Crippen LogP contribution in [0.2, 0.25) is 0 Å². The fourth-order valence-electron chi connectivity index (χ4n) is 3.31. The first-order valence-electron chi connectivity index (χ1n) is 10.2. The number of aromatic nitrogens is 2. The fourth-order valence-corrected chi connectivity index (χ4v) is 3.31. The highest BCUT2D eigenvalue weighted by Gasteiger charge is 2.10. The first-order chi connectivity index (χ1) is 15.5. The molecule has 3 aromatic carbocycles. The van der Waals surface area contributed by atoms with E-state index in [0.717, 1.165) is 21.0 Å². The van der Waals surface area contributed by atoms with Gasteiger partial charge < -0.3 is 10.1 Å². The Morgan fingerprint density at radius 2 is 1.69 bits per heavy atom. The summed E-state index contributed by atoms with van der Waals surface area (Å²) in [5.41, 5.74) is 1.98. The highest BCUT2D eigenvalue weighted by Crippen LogP contribution is 2.22. The van der Waals surface area contributed by atoms with E-state index in [-0.39, 0.29) is 18.7 Å². The van der Waals surface area contributed by atoms with Gasteiger partial charge in [0.05, 0.1) is 17.9 Å². The molecule has 0 atom stereocenters. The van der Waals surface area contributed by atoms with E-state index in [4.69, 9.17) is 4.74 Å². The number of anilines is 1. The smallest absolute Gasteiger partial charge is 0.338 e. The summed E-state index contributed by atoms with van der Waals surface area (Å²) < 4.78 is 6.07. The van der Waals surface area contributed by atoms with E-state index in [0.29, 0.717) is 16.9 Å². The number of ether oxygens (including phenoxy) is 1. The van der Waals surface area contributed by atoms with Crippen molar-refractivity contribution in [2.75, 3.05) is 11.9 Å². The van der Waals surface area contributed by atoms with Gasteiger partial charge in [0, 0.05) is 17.3 Å². The van der Waals surface area contributed by atoms with Crippen LogP contribution in [0.3, 0.4) is 0 Å². The standard InChI is InChI=1S/C25H21N3O4/c1-2-32-25(31)18-9-11-21(12-10-18)26-23(29)16-28-24(30)14-13-22(27-28)20-8-7-17-5-3-4-6-19(17)15-20/h3-15H,2,16H2,1H3,(H,26,29). The highest BCUT2D eigenvalue weighted by molar-refractivity contribution is 5.93. The van der Waals surface area contributed by atoms with E-state index in [9.17, 15) is 14.4 Å². The van der Waals surface area contributed by atoms with Crippen molar-refractivity contribution >= 4 is 28.3 Å². The molecular weight excluding hydrogens is 406 g/mol. The van der Waals surface area contributed by atoms with E-state index in [1.54, 1.807) is 37.3 Å². The van der Waals surface area contributed by atoms with Crippen LogP contribution in [-0.4, -0.2) is 28.3 Å². The lowest BCUT2D eigenvalue weighted by molar-refractivity contribution is -0.117. The van der Waals surface area contributed by atoms with Crippen LogP contribution in [0.5, 0.6) is 0 Å². The quantitative estimate of drug-likeness (QED) is 0.472. The SMILES string of the molecule is CCOC(=O)c1ccc(NC(=O)Cn2nc(-c3ccc4ccccc4c3)ccc2=O)cc1. The number of benzene rings is 3. The van der Waals surface area contributed by atoms with Gasteiger partial charge in [-0.05, 0) is 54.1 Å². The lowest BCUT2D eigenvalue weighted by Crippen LogP contribution is -2.29. The molecule has 0 aliphatic heterocycles. The molecule has 0 unspecified atom stereocenters. The lowest BCUT2D eigenvalue weighted by atomic mass is 10.1. The van der Waals surface area contributed by atoms with Crippen molar-refractivity contribution in [3.8, 4) is 11.3 Å². The summed E-state index contributed by atoms with van der Waals surface area (Å²) in [6, 6.07) is 23.3. The number of hydrogen-bond acceptors (Lipinski definition) is 5. The van der Waals surface area contributed by atoms with Crippen molar-refractivity contribution in [1.82, 2.24) is 9.78 Å². The van der Waals surface area contributed by atoms with Gasteiger partial charge in [-0.1, -0.05) is 36.4 Å². The number of nitrogens with zero attached hydrogens (tertiary/aromatic N) is 2. The van der Waals surface area contributed by atoms with Crippen LogP contribution in [0, 0.1) is 0 Å². The number of amides is 1. The maximum absolute atomic E-state index is 12.5. The van der Waals surface area contributed by atoms with Crippen LogP contribution in [0.1, 0.15) is 17.3 Å². The summed E-state index contributed by atoms with van der Waals surface area (Å²) in [4.78, 5) is 36.5. The Balaban J connectivity index is 1.49. The highest BCUT2D eigenvalue weighted by atomic mass is 16.5. The first-order valence-corrected chi connectivity index (χ1v) is 10.2. The molecule has 0 fully saturated rings. The molecule has 0 aliphatic rings. The molecule has 0 spiro atoms. The number of esters is 1. The topological polar surface area (TPSA) is 90.3 Å². The van der Waals surface area contributed by atoms with Gasteiger partial charge in [-0.15, -0.1) is 0 Å². The van der Waals surface area contributed by atoms with Gasteiger partial charge in [-0.3, -0.25) is 9.59 Å². The van der Waals surface area contributed by atoms with Crippen molar-refractivity contribution < 1.29 is 14.3 Å². The second-order valence-electron chi connectivity index (χ2n) is 7.12. The van der Waals surface area contributed by atoms with Gasteiger partial charge in [0.25, 0.3) is 5.56 Å². The Labute approximate surface area is 184 Å². The maximum Gasteiger partial charge on any atom is 0.338 e. The Bertz CT molecular complexity index is 1340. The van der Waals surface area contributed by atoms with Crippen LogP contribution in [0.15, 0.2) is 83.7 Å². The van der Waals surface area contributed by atoms with Crippen molar-refractivity contribution in [2.45, 2.75) is 13.5 Å². The molecule has 32 heavy (non-hydrogen) atoms. The zero-order chi connectivity index (χ0) is 22.5. The molecule has 0 saturated carbocycles. The predicted octanol–water partition coefficient (Wildman–Crippen LogP) is 3.88. The molecule has 7 heteroatoms. The molecule has 0 radical (unpaired) electrons. The number of carbonyl (C=O) groups excluding carboxylic acids is 2. The second kappa shape index (κ2) is 9.26. The lowest BCUT2D eigenvalue weighted by Gasteiger charge is -2.09. The van der Waals surface area contributed by atoms with Gasteiger partial charge in [-0.25, -0.2) is 9.48 Å². The van der Waals surface area contributed by atoms with Gasteiger partial charge in [-0.2, -0.15) is 5.10 Å². The van der Waals surface area contributed by atoms with Gasteiger partial charge in [0.2, 0.25) is 5.91 Å². The summed E-state index contributed by atoms with van der Waals surface area (Å²) >= 11 is 0. The number of nitrogens with one attached hydrogen (secondary N) is 1. The van der Waals surface area contributed by atoms with E-state index >= 15 is 0 Å². The molecule has 0 bridgehead atoms. The normalized spacial score (nSPS) is 10.7. The van der Waals surface area contributed by atoms with E-state index in [2.05, 4.69) is 10.4 Å². The Morgan fingerprint density at radius 1 is 0.938 bits per heavy atom. The molecule has 4 aromatic rings. The summed E-state index contributed by atoms with van der Waals surface area (Å²) in [6.45, 7) is 1.79. The second-order valence-corrected chi connectivity index (χ2v) is 7.12. The molecule has 0 aliphatic carbocycles. The number of rotatable bonds is 6. The maximum atomic E-state index is 12.5. The average molecular weight is 427 g/mol. The van der Waals surface area contributed by atoms with E-state index in [1.807, 2.05) is 42.5 Å². The summed E-state index contributed by atoms with van der Waals surface area (Å²) in [6.07, 6.45) is 0. The molecule has 1 amide bonds. The van der Waals surface area contributed by atoms with Crippen LogP contribution in [0.25, 0.3) is 22.0 Å². The van der Waals surface area contributed by atoms with E-state index < -0.39 is 11.9 Å². The third-order valence-electron chi connectivity index (χ3n) is 4.89. The molecule has 1 aromatic heterocycles. The number of hydrogen-bond donors (Lipinski definition) is 1. The summed E-state index contributed by atoms with van der Waals surface area (Å²) in [5.74, 6) is -0.828. The number of fused-ring (bicyclic) bond motifs is 1. The van der Waals surface area contributed by atoms with E-state index in [1.165, 1.54) is 6.07 Å². The summed E-state index contributed by atoms with van der Waals surface area (Å²) in [7, 11) is 0. The Kier molecular flexibility index (Phi) is 6.07. The fraction of sp³-hybridized carbons (Fsp3) is 0.120. The monoisotopic (exact) mass is 427 g/mol. The molecular formula is C25H21N3O4. The predicted molar refractivity (Wildman–Crippen MR) is 122 cm³/mol. The molecule has 160 valence electrons. The minimum atomic E-state index is -0.424. The average Bonchev–Trinajstić information content (AvgIpc) is 2.81. The molecule has 7 nitrogen and oxygen atoms in total. The molecule has 1 N–H and O–H groups in total. The summed E-state index contributed by atoms with van der Waals surface area (Å²) in [5, 5.41) is 9.25. The van der Waals surface area contributed by atoms with Crippen molar-refractivity contribution in [3.05, 3.63) is 94.8 Å². The van der Waals surface area contributed by atoms with Gasteiger partial charge in [0.15, 0.2) is 0 Å². The molecule has 4 rings (SSSR count). The third kappa shape index (κ3) is 4.73. The zero-order valence-corrected chi connectivity index (χ0v) is 17.4. The largest absolute Gasteiger partial charge is 0.462 e. The minimum Gasteiger partial charge on any atom is -0.462 e. The van der Waals surface area contributed by atoms with Gasteiger partial charge in [0.1, 0.15) is 6.54 Å². The minimum absolute atomic E-state index is 0.236. The molecule has 0 saturated heterocycles. The van der Waals surface area contributed by atoms with Crippen molar-refractivity contribution in [1.29, 1.82) is 0 Å². The first kappa shape index (κ1) is 21.0. The van der Waals surface area contributed by atoms with Crippen molar-refractivity contribution in [3.63, 3.8) is 0 Å². The van der Waals surface area contributed by atoms with Crippen molar-refractivity contribution in [2.24, 2.45) is 0 Å². The van der Waals surface area contributed by atoms with Crippen LogP contribution >= 0.6 is 0 Å². The Morgan fingerprint density at radius 3 is 2.44 bits per heavy atom. The Hall–Kier alpha value is -4.26. The van der Waals surface area contributed by atoms with Crippen LogP contribution < -0.4 is 10.9 Å².